The van der Waals surface area contributed by atoms with Crippen molar-refractivity contribution >= 4 is 11.7 Å². The molecule has 1 saturated heterocycles. The van der Waals surface area contributed by atoms with E-state index >= 15 is 0 Å². The molecule has 1 unspecified atom stereocenters. The summed E-state index contributed by atoms with van der Waals surface area (Å²) in [5.74, 6) is 0.0566. The molecule has 2 aromatic rings. The molecule has 1 atom stereocenters. The summed E-state index contributed by atoms with van der Waals surface area (Å²) < 4.78 is 0. The molecule has 3 rings (SSSR count). The minimum Gasteiger partial charge on any atom is -0.334 e. The molecule has 5 nitrogen and oxygen atoms in total. The number of benzene rings is 1. The van der Waals surface area contributed by atoms with Crippen molar-refractivity contribution < 1.29 is 9.59 Å². The van der Waals surface area contributed by atoms with Gasteiger partial charge in [0.1, 0.15) is 0 Å². The molecule has 5 heteroatoms. The van der Waals surface area contributed by atoms with E-state index in [1.165, 1.54) is 0 Å². The number of hydrogen-bond acceptors (Lipinski definition) is 4. The fourth-order valence-electron chi connectivity index (χ4n) is 3.53. The van der Waals surface area contributed by atoms with Crippen molar-refractivity contribution in [3.63, 3.8) is 0 Å². The van der Waals surface area contributed by atoms with Gasteiger partial charge in [-0.1, -0.05) is 36.4 Å². The second-order valence-electron chi connectivity index (χ2n) is 6.97. The Bertz CT molecular complexity index is 726. The van der Waals surface area contributed by atoms with Crippen molar-refractivity contribution in [3.8, 4) is 0 Å². The summed E-state index contributed by atoms with van der Waals surface area (Å²) in [6.45, 7) is 2.41. The van der Waals surface area contributed by atoms with E-state index in [9.17, 15) is 9.59 Å². The highest BCUT2D eigenvalue weighted by Gasteiger charge is 2.25. The van der Waals surface area contributed by atoms with Crippen LogP contribution in [0.4, 0.5) is 0 Å². The van der Waals surface area contributed by atoms with Crippen molar-refractivity contribution in [2.45, 2.75) is 44.7 Å². The van der Waals surface area contributed by atoms with Crippen LogP contribution in [0.1, 0.15) is 48.2 Å². The average Bonchev–Trinajstić information content (AvgIpc) is 3.01. The van der Waals surface area contributed by atoms with Gasteiger partial charge in [0.2, 0.25) is 5.91 Å². The van der Waals surface area contributed by atoms with Gasteiger partial charge >= 0.3 is 0 Å². The summed E-state index contributed by atoms with van der Waals surface area (Å²) >= 11 is 0. The Kier molecular flexibility index (Phi) is 7.11. The first-order chi connectivity index (χ1) is 13.2. The summed E-state index contributed by atoms with van der Waals surface area (Å²) in [4.78, 5) is 31.7. The Balaban J connectivity index is 1.67. The highest BCUT2D eigenvalue weighted by Crippen LogP contribution is 2.18. The molecule has 142 valence electrons. The predicted octanol–water partition coefficient (Wildman–Crippen LogP) is 3.22. The third-order valence-electron chi connectivity index (χ3n) is 5.03. The summed E-state index contributed by atoms with van der Waals surface area (Å²) in [5.41, 5.74) is 1.55. The van der Waals surface area contributed by atoms with Crippen LogP contribution >= 0.6 is 0 Å². The first kappa shape index (κ1) is 19.2. The largest absolute Gasteiger partial charge is 0.334 e. The molecule has 0 saturated carbocycles. The lowest BCUT2D eigenvalue weighted by molar-refractivity contribution is -0.134. The first-order valence-electron chi connectivity index (χ1n) is 9.72. The molecule has 27 heavy (non-hydrogen) atoms. The Labute approximate surface area is 160 Å². The number of pyridine rings is 1. The van der Waals surface area contributed by atoms with Gasteiger partial charge in [0.25, 0.3) is 0 Å². The fraction of sp³-hybridized carbons (Fsp3) is 0.409. The monoisotopic (exact) mass is 365 g/mol. The standard InChI is InChI=1S/C22H27N3O2/c26-21(18-7-2-1-3-8-18)11-12-22(27)25(17-19-9-4-5-15-24-19)20-10-6-14-23-16-13-20/h1-5,7-9,15,20,23H,6,10-14,16-17H2. The molecule has 1 aliphatic rings. The minimum atomic E-state index is 0.0178. The summed E-state index contributed by atoms with van der Waals surface area (Å²) in [6, 6.07) is 15.2. The Hall–Kier alpha value is -2.53. The maximum Gasteiger partial charge on any atom is 0.223 e. The third-order valence-corrected chi connectivity index (χ3v) is 5.03. The zero-order valence-electron chi connectivity index (χ0n) is 15.6. The number of carbonyl (C=O) groups excluding carboxylic acids is 2. The molecule has 1 aromatic heterocycles. The number of rotatable bonds is 7. The number of carbonyl (C=O) groups is 2. The summed E-state index contributed by atoms with van der Waals surface area (Å²) in [7, 11) is 0. The van der Waals surface area contributed by atoms with Gasteiger partial charge in [-0.2, -0.15) is 0 Å². The number of nitrogens with one attached hydrogen (secondary N) is 1. The van der Waals surface area contributed by atoms with Gasteiger partial charge in [-0.25, -0.2) is 0 Å². The van der Waals surface area contributed by atoms with Gasteiger partial charge in [-0.15, -0.1) is 0 Å². The summed E-state index contributed by atoms with van der Waals surface area (Å²) in [5, 5.41) is 3.40. The molecular formula is C22H27N3O2. The van der Waals surface area contributed by atoms with Gasteiger partial charge in [-0.3, -0.25) is 14.6 Å². The van der Waals surface area contributed by atoms with E-state index in [4.69, 9.17) is 0 Å². The van der Waals surface area contributed by atoms with Crippen molar-refractivity contribution in [1.82, 2.24) is 15.2 Å². The highest BCUT2D eigenvalue weighted by molar-refractivity contribution is 5.97. The van der Waals surface area contributed by atoms with Gasteiger partial charge in [-0.05, 0) is 44.5 Å². The first-order valence-corrected chi connectivity index (χ1v) is 9.72. The molecule has 0 aliphatic carbocycles. The molecule has 0 bridgehead atoms. The number of Topliss-reactive ketones (excluding diaryl/α,β-unsaturated/α-hetero) is 1. The van der Waals surface area contributed by atoms with Gasteiger partial charge < -0.3 is 10.2 Å². The number of amides is 1. The second kappa shape index (κ2) is 9.97. The molecule has 0 spiro atoms. The van der Waals surface area contributed by atoms with Crippen molar-refractivity contribution in [2.24, 2.45) is 0 Å². The fourth-order valence-corrected chi connectivity index (χ4v) is 3.53. The number of hydrogen-bond donors (Lipinski definition) is 1. The van der Waals surface area contributed by atoms with Crippen LogP contribution in [0.15, 0.2) is 54.7 Å². The Morgan fingerprint density at radius 3 is 2.59 bits per heavy atom. The number of nitrogens with zero attached hydrogens (tertiary/aromatic N) is 2. The lowest BCUT2D eigenvalue weighted by atomic mass is 10.0. The van der Waals surface area contributed by atoms with Crippen LogP contribution in [0.3, 0.4) is 0 Å². The van der Waals surface area contributed by atoms with Crippen LogP contribution in [0.5, 0.6) is 0 Å². The van der Waals surface area contributed by atoms with E-state index < -0.39 is 0 Å². The lowest BCUT2D eigenvalue weighted by Gasteiger charge is -2.31. The van der Waals surface area contributed by atoms with Crippen molar-refractivity contribution in [2.75, 3.05) is 13.1 Å². The molecule has 2 heterocycles. The lowest BCUT2D eigenvalue weighted by Crippen LogP contribution is -2.40. The molecule has 0 radical (unpaired) electrons. The Morgan fingerprint density at radius 2 is 1.81 bits per heavy atom. The SMILES string of the molecule is O=C(CCC(=O)N(Cc1ccccn1)C1CCCNCC1)c1ccccc1. The van der Waals surface area contributed by atoms with E-state index in [-0.39, 0.29) is 30.6 Å². The maximum absolute atomic E-state index is 13.0. The van der Waals surface area contributed by atoms with E-state index in [0.29, 0.717) is 12.1 Å². The average molecular weight is 365 g/mol. The second-order valence-corrected chi connectivity index (χ2v) is 6.97. The van der Waals surface area contributed by atoms with Crippen LogP contribution in [-0.2, 0) is 11.3 Å². The van der Waals surface area contributed by atoms with Crippen LogP contribution in [0.2, 0.25) is 0 Å². The number of aromatic nitrogens is 1. The predicted molar refractivity (Wildman–Crippen MR) is 105 cm³/mol. The maximum atomic E-state index is 13.0. The van der Waals surface area contributed by atoms with E-state index in [1.807, 2.05) is 41.3 Å². The molecular weight excluding hydrogens is 338 g/mol. The van der Waals surface area contributed by atoms with Crippen molar-refractivity contribution in [3.05, 3.63) is 66.0 Å². The number of ketones is 1. The molecule has 1 amide bonds. The summed E-state index contributed by atoms with van der Waals surface area (Å²) in [6.07, 6.45) is 5.21. The van der Waals surface area contributed by atoms with Gasteiger partial charge in [0.05, 0.1) is 12.2 Å². The molecule has 1 aliphatic heterocycles. The van der Waals surface area contributed by atoms with Gasteiger partial charge in [0.15, 0.2) is 5.78 Å². The van der Waals surface area contributed by atoms with Crippen molar-refractivity contribution in [1.29, 1.82) is 0 Å². The van der Waals surface area contributed by atoms with E-state index in [1.54, 1.807) is 18.3 Å². The zero-order valence-corrected chi connectivity index (χ0v) is 15.6. The highest BCUT2D eigenvalue weighted by atomic mass is 16.2. The molecule has 1 aromatic carbocycles. The molecule has 1 N–H and O–H groups in total. The quantitative estimate of drug-likeness (QED) is 0.766. The van der Waals surface area contributed by atoms with Crippen LogP contribution < -0.4 is 5.32 Å². The van der Waals surface area contributed by atoms with E-state index in [2.05, 4.69) is 10.3 Å². The van der Waals surface area contributed by atoms with Gasteiger partial charge in [0, 0.05) is 30.6 Å². The zero-order chi connectivity index (χ0) is 18.9. The van der Waals surface area contributed by atoms with Crippen LogP contribution in [-0.4, -0.2) is 40.7 Å². The normalized spacial score (nSPS) is 17.1. The minimum absolute atomic E-state index is 0.0178. The topological polar surface area (TPSA) is 62.3 Å². The third kappa shape index (κ3) is 5.73. The smallest absolute Gasteiger partial charge is 0.223 e. The van der Waals surface area contributed by atoms with Crippen LogP contribution in [0.25, 0.3) is 0 Å². The van der Waals surface area contributed by atoms with Crippen LogP contribution in [0, 0.1) is 0 Å². The Morgan fingerprint density at radius 1 is 1.00 bits per heavy atom. The van der Waals surface area contributed by atoms with E-state index in [0.717, 1.165) is 38.0 Å². The molecule has 1 fully saturated rings.